The highest BCUT2D eigenvalue weighted by Gasteiger charge is 2.38. The minimum atomic E-state index is -3.74. The largest absolute Gasteiger partial charge is 0.317 e. The first-order valence-corrected chi connectivity index (χ1v) is 20.1. The van der Waals surface area contributed by atoms with Gasteiger partial charge in [-0.25, -0.2) is 36.3 Å². The summed E-state index contributed by atoms with van der Waals surface area (Å²) in [5.41, 5.74) is 3.08. The Morgan fingerprint density at radius 2 is 1.31 bits per heavy atom. The van der Waals surface area contributed by atoms with Crippen LogP contribution in [0.25, 0.3) is 0 Å². The Morgan fingerprint density at radius 1 is 0.784 bits per heavy atom. The average Bonchev–Trinajstić information content (AvgIpc) is 3.77. The molecule has 0 saturated carbocycles. The van der Waals surface area contributed by atoms with Crippen LogP contribution in [0.4, 0.5) is 0 Å². The van der Waals surface area contributed by atoms with Crippen molar-refractivity contribution in [2.75, 3.05) is 32.7 Å². The van der Waals surface area contributed by atoms with Gasteiger partial charge < -0.3 is 5.32 Å². The van der Waals surface area contributed by atoms with E-state index in [0.717, 1.165) is 42.6 Å². The van der Waals surface area contributed by atoms with Crippen LogP contribution < -0.4 is 14.8 Å². The molecule has 3 aliphatic rings. The molecule has 15 heteroatoms. The number of benzene rings is 3. The molecule has 1 fully saturated rings. The maximum atomic E-state index is 12.8. The monoisotopic (exact) mass is 733 g/mol. The summed E-state index contributed by atoms with van der Waals surface area (Å²) in [4.78, 5) is 9.11. The molecule has 51 heavy (non-hydrogen) atoms. The third kappa shape index (κ3) is 9.60. The third-order valence-electron chi connectivity index (χ3n) is 8.74. The predicted octanol–water partition coefficient (Wildman–Crippen LogP) is 4.40. The molecule has 3 aromatic carbocycles. The number of nitrogens with one attached hydrogen (secondary N) is 3. The fraction of sp³-hybridized carbons (Fsp3) is 0.389. The molecule has 13 nitrogen and oxygen atoms in total. The summed E-state index contributed by atoms with van der Waals surface area (Å²) in [5, 5.41) is 15.5. The molecule has 1 saturated heterocycles. The van der Waals surface area contributed by atoms with Crippen molar-refractivity contribution in [2.24, 2.45) is 25.6 Å². The smallest absolute Gasteiger partial charge is 0.264 e. The summed E-state index contributed by atoms with van der Waals surface area (Å²) in [5.74, 6) is 0.519. The number of hydrogen-bond acceptors (Lipinski definition) is 9. The molecule has 1 unspecified atom stereocenters. The van der Waals surface area contributed by atoms with Gasteiger partial charge in [-0.15, -0.1) is 0 Å². The Balaban J connectivity index is 0.000000198. The lowest BCUT2D eigenvalue weighted by molar-refractivity contribution is 0.265. The second-order valence-corrected chi connectivity index (χ2v) is 16.0. The fourth-order valence-electron chi connectivity index (χ4n) is 5.89. The molecule has 0 bridgehead atoms. The van der Waals surface area contributed by atoms with Gasteiger partial charge in [0.15, 0.2) is 0 Å². The predicted molar refractivity (Wildman–Crippen MR) is 203 cm³/mol. The number of aliphatic imine (C=N–C) groups is 2. The number of rotatable bonds is 7. The number of guanidine groups is 2. The topological polar surface area (TPSA) is 160 Å². The Hall–Kier alpha value is -4.60. The van der Waals surface area contributed by atoms with E-state index in [1.54, 1.807) is 64.8 Å². The van der Waals surface area contributed by atoms with Crippen molar-refractivity contribution < 1.29 is 16.8 Å². The molecule has 0 aliphatic carbocycles. The van der Waals surface area contributed by atoms with Gasteiger partial charge >= 0.3 is 0 Å². The molecular weight excluding hydrogens is 687 g/mol. The van der Waals surface area contributed by atoms with Gasteiger partial charge in [-0.3, -0.25) is 9.98 Å². The van der Waals surface area contributed by atoms with Crippen molar-refractivity contribution in [3.05, 3.63) is 95.6 Å². The van der Waals surface area contributed by atoms with Gasteiger partial charge in [0, 0.05) is 37.4 Å². The number of nitrogens with zero attached hydrogens (tertiary/aromatic N) is 6. The normalized spacial score (nSPS) is 18.9. The van der Waals surface area contributed by atoms with E-state index in [0.29, 0.717) is 26.1 Å². The minimum absolute atomic E-state index is 0.00899. The number of hydrogen-bond donors (Lipinski definition) is 3. The first-order valence-electron chi connectivity index (χ1n) is 17.1. The van der Waals surface area contributed by atoms with E-state index in [2.05, 4.69) is 34.9 Å². The Morgan fingerprint density at radius 3 is 1.86 bits per heavy atom. The summed E-state index contributed by atoms with van der Waals surface area (Å²) < 4.78 is 56.1. The number of sulfonamides is 2. The summed E-state index contributed by atoms with van der Waals surface area (Å²) >= 11 is 0. The Bertz CT molecular complexity index is 1960. The van der Waals surface area contributed by atoms with Crippen LogP contribution in [0.5, 0.6) is 0 Å². The van der Waals surface area contributed by atoms with Crippen LogP contribution in [0.2, 0.25) is 0 Å². The van der Waals surface area contributed by atoms with E-state index in [-0.39, 0.29) is 33.2 Å². The van der Waals surface area contributed by atoms with Crippen molar-refractivity contribution >= 4 is 44.4 Å². The zero-order valence-electron chi connectivity index (χ0n) is 29.5. The third-order valence-corrected chi connectivity index (χ3v) is 11.4. The summed E-state index contributed by atoms with van der Waals surface area (Å²) in [6.45, 7) is 11.1. The van der Waals surface area contributed by atoms with Gasteiger partial charge in [-0.2, -0.15) is 10.2 Å². The second-order valence-electron chi connectivity index (χ2n) is 12.7. The van der Waals surface area contributed by atoms with Gasteiger partial charge in [0.1, 0.15) is 0 Å². The van der Waals surface area contributed by atoms with Crippen LogP contribution in [0.3, 0.4) is 0 Å². The molecule has 272 valence electrons. The zero-order valence-corrected chi connectivity index (χ0v) is 31.2. The molecular formula is C36H47N9O4S2. The Labute approximate surface area is 301 Å². The highest BCUT2D eigenvalue weighted by Crippen LogP contribution is 2.32. The first kappa shape index (κ1) is 37.7. The van der Waals surface area contributed by atoms with Crippen LogP contribution in [0, 0.1) is 19.3 Å². The van der Waals surface area contributed by atoms with Gasteiger partial charge in [0.25, 0.3) is 20.0 Å². The minimum Gasteiger partial charge on any atom is -0.317 e. The van der Waals surface area contributed by atoms with Crippen molar-refractivity contribution in [1.29, 1.82) is 0 Å². The molecule has 0 radical (unpaired) electrons. The first-order chi connectivity index (χ1) is 24.4. The molecule has 3 aromatic rings. The summed E-state index contributed by atoms with van der Waals surface area (Å²) in [7, 11) is -7.42. The number of hydrazone groups is 2. The molecule has 3 N–H and O–H groups in total. The molecule has 3 heterocycles. The molecule has 1 spiro atoms. The molecule has 1 atom stereocenters. The van der Waals surface area contributed by atoms with E-state index >= 15 is 0 Å². The lowest BCUT2D eigenvalue weighted by Crippen LogP contribution is -2.45. The van der Waals surface area contributed by atoms with Crippen molar-refractivity contribution in [3.63, 3.8) is 0 Å². The van der Waals surface area contributed by atoms with Gasteiger partial charge in [0.2, 0.25) is 11.9 Å². The molecule has 6 rings (SSSR count). The second kappa shape index (κ2) is 16.6. The molecule has 0 aromatic heterocycles. The van der Waals surface area contributed by atoms with E-state index < -0.39 is 20.0 Å². The van der Waals surface area contributed by atoms with Crippen molar-refractivity contribution in [3.8, 4) is 0 Å². The van der Waals surface area contributed by atoms with Crippen LogP contribution >= 0.6 is 0 Å². The average molecular weight is 734 g/mol. The van der Waals surface area contributed by atoms with Crippen LogP contribution in [0.1, 0.15) is 55.8 Å². The van der Waals surface area contributed by atoms with E-state index in [1.807, 2.05) is 64.2 Å². The van der Waals surface area contributed by atoms with E-state index in [9.17, 15) is 16.8 Å². The lowest BCUT2D eigenvalue weighted by atomic mass is 9.81. The SMILES string of the molecule is CCN=C(NS(=O)(=O)c1ccc(C)cc1)N1CC2(C=N1)CCNCC2.CCN=C(NS(=O)(=O)c1ccc(C)cc1)N1N=CCC1c1ccccc1. The number of aryl methyl sites for hydroxylation is 2. The summed E-state index contributed by atoms with van der Waals surface area (Å²) in [6.07, 6.45) is 6.43. The number of piperidine rings is 1. The molecule has 0 amide bonds. The maximum absolute atomic E-state index is 12.8. The highest BCUT2D eigenvalue weighted by molar-refractivity contribution is 7.90. The van der Waals surface area contributed by atoms with Gasteiger partial charge in [0.05, 0.1) is 22.4 Å². The van der Waals surface area contributed by atoms with Crippen LogP contribution in [0.15, 0.2) is 109 Å². The van der Waals surface area contributed by atoms with Crippen molar-refractivity contribution in [2.45, 2.75) is 62.8 Å². The van der Waals surface area contributed by atoms with Crippen molar-refractivity contribution in [1.82, 2.24) is 24.8 Å². The van der Waals surface area contributed by atoms with Gasteiger partial charge in [-0.1, -0.05) is 65.7 Å². The highest BCUT2D eigenvalue weighted by atomic mass is 32.2. The molecule has 3 aliphatic heterocycles. The van der Waals surface area contributed by atoms with Crippen LogP contribution in [-0.4, -0.2) is 83.9 Å². The van der Waals surface area contributed by atoms with E-state index in [1.165, 1.54) is 0 Å². The zero-order chi connectivity index (χ0) is 36.5. The van der Waals surface area contributed by atoms with Gasteiger partial charge in [-0.05, 0) is 83.5 Å². The fourth-order valence-corrected chi connectivity index (χ4v) is 7.93. The maximum Gasteiger partial charge on any atom is 0.264 e. The summed E-state index contributed by atoms with van der Waals surface area (Å²) in [6, 6.07) is 23.3. The lowest BCUT2D eigenvalue weighted by Gasteiger charge is -2.32. The van der Waals surface area contributed by atoms with E-state index in [4.69, 9.17) is 0 Å². The quantitative estimate of drug-likeness (QED) is 0.240. The standard InChI is InChI=1S/C19H22N4O2S.C17H25N5O2S/c1-3-20-19(22-26(24,25)17-11-9-15(2)10-12-17)23-18(13-14-21-23)16-7-5-4-6-8-16;1-3-19-16(21-25(23,24)15-6-4-14(2)5-7-15)22-13-17(12-20-22)8-10-18-11-9-17/h4-12,14,18H,3,13H2,1-2H3,(H,20,22);4-7,12,18H,3,8-11,13H2,1-2H3,(H,19,21). The van der Waals surface area contributed by atoms with Crippen LogP contribution in [-0.2, 0) is 20.0 Å². The Kier molecular flexibility index (Phi) is 12.3.